The van der Waals surface area contributed by atoms with Crippen LogP contribution in [0.25, 0.3) is 0 Å². The van der Waals surface area contributed by atoms with Crippen molar-refractivity contribution in [3.8, 4) is 11.6 Å². The molecule has 2 N–H and O–H groups in total. The van der Waals surface area contributed by atoms with Gasteiger partial charge in [0.05, 0.1) is 17.4 Å². The van der Waals surface area contributed by atoms with E-state index in [9.17, 15) is 14.4 Å². The zero-order chi connectivity index (χ0) is 27.8. The molecule has 0 radical (unpaired) electrons. The summed E-state index contributed by atoms with van der Waals surface area (Å²) in [4.78, 5) is 47.2. The lowest BCUT2D eigenvalue weighted by Crippen LogP contribution is -2.53. The van der Waals surface area contributed by atoms with E-state index in [2.05, 4.69) is 25.8 Å². The molecule has 40 heavy (non-hydrogen) atoms. The maximum atomic E-state index is 13.5. The van der Waals surface area contributed by atoms with Crippen LogP contribution in [0.2, 0.25) is 0 Å². The van der Waals surface area contributed by atoms with E-state index in [-0.39, 0.29) is 23.9 Å². The van der Waals surface area contributed by atoms with Gasteiger partial charge in [-0.25, -0.2) is 9.78 Å². The number of aromatic nitrogens is 3. The first kappa shape index (κ1) is 26.1. The van der Waals surface area contributed by atoms with Crippen LogP contribution in [0.5, 0.6) is 11.6 Å². The van der Waals surface area contributed by atoms with Crippen molar-refractivity contribution in [3.63, 3.8) is 0 Å². The SMILES string of the molecule is CCC(=O)N1CCCC(NC(=O)[C@@H]2Sc3nccc4c3C2NC(=O)N4c2ccc(Oc3cccnn3)cc2C)C1. The standard InChI is InChI=1S/C28H29N7O4S/c1-3-22(36)34-13-5-6-17(15-34)31-26(37)25-24-23-20(10-12-29-27(23)40-25)35(28(38)32-24)19-9-8-18(14-16(19)2)39-21-7-4-11-30-33-21/h4,7-12,14,17,24-25H,3,5-6,13,15H2,1-2H3,(H,31,37)(H,32,38)/t17?,24?,25-/m1/s1. The van der Waals surface area contributed by atoms with Crippen LogP contribution < -0.4 is 20.3 Å². The first-order chi connectivity index (χ1) is 19.4. The fraction of sp³-hybridized carbons (Fsp3) is 0.357. The first-order valence-electron chi connectivity index (χ1n) is 13.3. The van der Waals surface area contributed by atoms with Gasteiger partial charge in [0.1, 0.15) is 16.0 Å². The van der Waals surface area contributed by atoms with Gasteiger partial charge in [-0.2, -0.15) is 5.10 Å². The molecule has 3 aromatic rings. The summed E-state index contributed by atoms with van der Waals surface area (Å²) in [6.45, 7) is 4.98. The molecular weight excluding hydrogens is 530 g/mol. The Morgan fingerprint density at radius 2 is 2.08 bits per heavy atom. The number of urea groups is 1. The third kappa shape index (κ3) is 4.83. The molecule has 11 nitrogen and oxygen atoms in total. The molecule has 0 bridgehead atoms. The normalized spacial score (nSPS) is 21.4. The summed E-state index contributed by atoms with van der Waals surface area (Å²) < 4.78 is 5.80. The van der Waals surface area contributed by atoms with E-state index in [0.717, 1.165) is 35.5 Å². The summed E-state index contributed by atoms with van der Waals surface area (Å²) >= 11 is 1.36. The lowest BCUT2D eigenvalue weighted by molar-refractivity contribution is -0.133. The number of aryl methyl sites for hydroxylation is 1. The van der Waals surface area contributed by atoms with Gasteiger partial charge in [0.25, 0.3) is 0 Å². The van der Waals surface area contributed by atoms with Crippen molar-refractivity contribution in [2.24, 2.45) is 0 Å². The quantitative estimate of drug-likeness (QED) is 0.466. The molecule has 3 aliphatic heterocycles. The molecule has 3 aliphatic rings. The maximum absolute atomic E-state index is 13.5. The number of piperidine rings is 1. The number of ether oxygens (including phenoxy) is 1. The van der Waals surface area contributed by atoms with Gasteiger partial charge in [-0.3, -0.25) is 14.5 Å². The molecule has 1 aromatic carbocycles. The average Bonchev–Trinajstić information content (AvgIpc) is 3.33. The number of hydrogen-bond donors (Lipinski definition) is 2. The van der Waals surface area contributed by atoms with Crippen molar-refractivity contribution in [1.82, 2.24) is 30.7 Å². The zero-order valence-corrected chi connectivity index (χ0v) is 23.0. The summed E-state index contributed by atoms with van der Waals surface area (Å²) in [5.41, 5.74) is 3.04. The molecule has 0 aliphatic carbocycles. The third-order valence-electron chi connectivity index (χ3n) is 7.37. The van der Waals surface area contributed by atoms with E-state index in [1.165, 1.54) is 11.8 Å². The van der Waals surface area contributed by atoms with E-state index in [0.29, 0.717) is 36.0 Å². The van der Waals surface area contributed by atoms with Gasteiger partial charge >= 0.3 is 6.03 Å². The smallest absolute Gasteiger partial charge is 0.327 e. The number of pyridine rings is 1. The number of anilines is 2. The fourth-order valence-corrected chi connectivity index (χ4v) is 6.73. The highest BCUT2D eigenvalue weighted by molar-refractivity contribution is 8.01. The Labute approximate surface area is 235 Å². The van der Waals surface area contributed by atoms with Crippen LogP contribution in [0, 0.1) is 6.92 Å². The molecular formula is C28H29N7O4S. The van der Waals surface area contributed by atoms with Crippen molar-refractivity contribution < 1.29 is 19.1 Å². The molecule has 206 valence electrons. The van der Waals surface area contributed by atoms with Crippen LogP contribution in [0.3, 0.4) is 0 Å². The maximum Gasteiger partial charge on any atom is 0.327 e. The Bertz CT molecular complexity index is 1470. The second kappa shape index (κ2) is 10.8. The van der Waals surface area contributed by atoms with Crippen LogP contribution in [0.1, 0.15) is 43.4 Å². The van der Waals surface area contributed by atoms with Crippen LogP contribution in [0.4, 0.5) is 16.2 Å². The van der Waals surface area contributed by atoms with E-state index in [1.54, 1.807) is 35.5 Å². The Kier molecular flexibility index (Phi) is 7.01. The van der Waals surface area contributed by atoms with Crippen molar-refractivity contribution in [2.75, 3.05) is 18.0 Å². The lowest BCUT2D eigenvalue weighted by atomic mass is 9.98. The molecule has 2 aromatic heterocycles. The number of thioether (sulfide) groups is 1. The molecule has 6 rings (SSSR count). The summed E-state index contributed by atoms with van der Waals surface area (Å²) in [6.07, 6.45) is 5.35. The highest BCUT2D eigenvalue weighted by Gasteiger charge is 2.47. The Hall–Kier alpha value is -4.19. The highest BCUT2D eigenvalue weighted by Crippen LogP contribution is 2.51. The predicted octanol–water partition coefficient (Wildman–Crippen LogP) is 3.87. The number of nitrogens with zero attached hydrogens (tertiary/aromatic N) is 5. The Balaban J connectivity index is 1.22. The molecule has 0 saturated carbocycles. The molecule has 1 saturated heterocycles. The van der Waals surface area contributed by atoms with Crippen molar-refractivity contribution in [1.29, 1.82) is 0 Å². The minimum absolute atomic E-state index is 0.0960. The third-order valence-corrected chi connectivity index (χ3v) is 8.66. The predicted molar refractivity (Wildman–Crippen MR) is 149 cm³/mol. The largest absolute Gasteiger partial charge is 0.438 e. The van der Waals surface area contributed by atoms with Crippen LogP contribution in [-0.4, -0.2) is 62.3 Å². The number of likely N-dealkylation sites (tertiary alicyclic amines) is 1. The minimum atomic E-state index is -0.559. The fourth-order valence-electron chi connectivity index (χ4n) is 5.50. The number of carbonyl (C=O) groups is 3. The molecule has 4 amide bonds. The van der Waals surface area contributed by atoms with Gasteiger partial charge in [-0.05, 0) is 55.7 Å². The van der Waals surface area contributed by atoms with E-state index in [1.807, 2.05) is 36.9 Å². The van der Waals surface area contributed by atoms with Crippen molar-refractivity contribution in [3.05, 3.63) is 59.9 Å². The molecule has 12 heteroatoms. The zero-order valence-electron chi connectivity index (χ0n) is 22.2. The van der Waals surface area contributed by atoms with Gasteiger partial charge in [-0.1, -0.05) is 18.7 Å². The number of hydrogen-bond acceptors (Lipinski definition) is 8. The lowest BCUT2D eigenvalue weighted by Gasteiger charge is -2.36. The first-order valence-corrected chi connectivity index (χ1v) is 14.2. The minimum Gasteiger partial charge on any atom is -0.438 e. The average molecular weight is 560 g/mol. The number of nitrogens with one attached hydrogen (secondary N) is 2. The summed E-state index contributed by atoms with van der Waals surface area (Å²) in [6, 6.07) is 9.76. The summed E-state index contributed by atoms with van der Waals surface area (Å²) in [5.74, 6) is 0.884. The summed E-state index contributed by atoms with van der Waals surface area (Å²) in [5, 5.41) is 14.1. The Morgan fingerprint density at radius 3 is 2.85 bits per heavy atom. The highest BCUT2D eigenvalue weighted by atomic mass is 32.2. The molecule has 0 spiro atoms. The van der Waals surface area contributed by atoms with Gasteiger partial charge < -0.3 is 20.3 Å². The monoisotopic (exact) mass is 559 g/mol. The van der Waals surface area contributed by atoms with Crippen LogP contribution in [0.15, 0.2) is 53.8 Å². The van der Waals surface area contributed by atoms with E-state index < -0.39 is 11.3 Å². The van der Waals surface area contributed by atoms with E-state index in [4.69, 9.17) is 4.74 Å². The topological polar surface area (TPSA) is 130 Å². The second-order valence-electron chi connectivity index (χ2n) is 10.0. The second-order valence-corrected chi connectivity index (χ2v) is 11.1. The van der Waals surface area contributed by atoms with Crippen LogP contribution >= 0.6 is 11.8 Å². The van der Waals surface area contributed by atoms with Crippen molar-refractivity contribution >= 4 is 41.0 Å². The summed E-state index contributed by atoms with van der Waals surface area (Å²) in [7, 11) is 0. The van der Waals surface area contributed by atoms with Gasteiger partial charge in [0, 0.05) is 49.6 Å². The van der Waals surface area contributed by atoms with Crippen molar-refractivity contribution in [2.45, 2.75) is 55.5 Å². The number of rotatable bonds is 6. The molecule has 3 atom stereocenters. The van der Waals surface area contributed by atoms with Gasteiger partial charge in [-0.15, -0.1) is 5.10 Å². The number of benzene rings is 1. The number of carbonyl (C=O) groups excluding carboxylic acids is 3. The number of amides is 4. The molecule has 1 fully saturated rings. The van der Waals surface area contributed by atoms with Gasteiger partial charge in [0.15, 0.2) is 0 Å². The molecule has 2 unspecified atom stereocenters. The molecule has 5 heterocycles. The van der Waals surface area contributed by atoms with Crippen LogP contribution in [-0.2, 0) is 9.59 Å². The van der Waals surface area contributed by atoms with E-state index >= 15 is 0 Å². The Morgan fingerprint density at radius 1 is 1.20 bits per heavy atom. The van der Waals surface area contributed by atoms with Gasteiger partial charge in [0.2, 0.25) is 17.7 Å².